The fraction of sp³-hybridized carbons (Fsp3) is 0.130. The second-order valence-electron chi connectivity index (χ2n) is 7.72. The molecule has 5 rings (SSSR count). The Bertz CT molecular complexity index is 1510. The van der Waals surface area contributed by atoms with E-state index in [0.717, 1.165) is 5.56 Å². The Morgan fingerprint density at radius 2 is 1.77 bits per heavy atom. The second kappa shape index (κ2) is 8.38. The molecule has 0 fully saturated rings. The van der Waals surface area contributed by atoms with Crippen LogP contribution in [-0.2, 0) is 0 Å². The number of nitrogens with two attached hydrogens (primary N) is 1. The minimum Gasteiger partial charge on any atom is -0.406 e. The van der Waals surface area contributed by atoms with E-state index in [-0.39, 0.29) is 23.4 Å². The molecule has 0 aliphatic heterocycles. The first kappa shape index (κ1) is 22.3. The highest BCUT2D eigenvalue weighted by Crippen LogP contribution is 2.28. The number of hydrogen-bond acceptors (Lipinski definition) is 6. The SMILES string of the molecule is C[C@H](c1ccc(OC(F)(F)F)cc1)n1cc(-c2ccc(F)c(-c3ccn4nc(N)nc4c3)n2)cn1. The van der Waals surface area contributed by atoms with Crippen molar-refractivity contribution in [1.29, 1.82) is 0 Å². The van der Waals surface area contributed by atoms with Gasteiger partial charge in [0.2, 0.25) is 5.95 Å². The number of alkyl halides is 3. The van der Waals surface area contributed by atoms with E-state index in [1.807, 2.05) is 6.92 Å². The van der Waals surface area contributed by atoms with Crippen LogP contribution in [0.4, 0.5) is 23.5 Å². The van der Waals surface area contributed by atoms with Crippen LogP contribution >= 0.6 is 0 Å². The zero-order valence-corrected chi connectivity index (χ0v) is 18.1. The van der Waals surface area contributed by atoms with Gasteiger partial charge >= 0.3 is 6.36 Å². The van der Waals surface area contributed by atoms with Crippen molar-refractivity contribution in [1.82, 2.24) is 29.4 Å². The van der Waals surface area contributed by atoms with Crippen LogP contribution in [0.15, 0.2) is 67.1 Å². The first-order valence-electron chi connectivity index (χ1n) is 10.4. The van der Waals surface area contributed by atoms with Gasteiger partial charge in [-0.3, -0.25) is 4.68 Å². The standard InChI is InChI=1S/C23H17F4N7O/c1-13(14-2-4-17(5-3-14)35-23(25,26)27)34-12-16(11-29-34)19-7-6-18(24)21(30-19)15-8-9-33-20(10-15)31-22(28)32-33/h2-13H,1H3,(H2,28,32)/t13-/m1/s1. The Balaban J connectivity index is 1.41. The van der Waals surface area contributed by atoms with Crippen molar-refractivity contribution in [2.75, 3.05) is 5.73 Å². The van der Waals surface area contributed by atoms with Gasteiger partial charge in [0.1, 0.15) is 17.3 Å². The Kier molecular flexibility index (Phi) is 5.35. The van der Waals surface area contributed by atoms with Gasteiger partial charge in [-0.05, 0) is 48.9 Å². The monoisotopic (exact) mass is 483 g/mol. The van der Waals surface area contributed by atoms with Crippen molar-refractivity contribution < 1.29 is 22.3 Å². The summed E-state index contributed by atoms with van der Waals surface area (Å²) < 4.78 is 58.8. The molecule has 0 saturated carbocycles. The summed E-state index contributed by atoms with van der Waals surface area (Å²) in [5.74, 6) is -0.703. The molecule has 1 atom stereocenters. The molecule has 12 heteroatoms. The van der Waals surface area contributed by atoms with E-state index < -0.39 is 12.2 Å². The van der Waals surface area contributed by atoms with E-state index in [0.29, 0.717) is 22.5 Å². The van der Waals surface area contributed by atoms with Crippen LogP contribution < -0.4 is 10.5 Å². The molecule has 0 saturated heterocycles. The quantitative estimate of drug-likeness (QED) is 0.358. The number of rotatable bonds is 5. The van der Waals surface area contributed by atoms with Gasteiger partial charge in [-0.2, -0.15) is 10.1 Å². The fourth-order valence-corrected chi connectivity index (χ4v) is 3.63. The first-order chi connectivity index (χ1) is 16.7. The summed E-state index contributed by atoms with van der Waals surface area (Å²) in [6.07, 6.45) is 0.188. The molecule has 5 aromatic rings. The van der Waals surface area contributed by atoms with E-state index in [9.17, 15) is 17.6 Å². The molecule has 4 heterocycles. The van der Waals surface area contributed by atoms with Gasteiger partial charge in [0.05, 0.1) is 17.9 Å². The Morgan fingerprint density at radius 1 is 1.00 bits per heavy atom. The third kappa shape index (κ3) is 4.63. The third-order valence-electron chi connectivity index (χ3n) is 5.36. The van der Waals surface area contributed by atoms with Gasteiger partial charge in [0, 0.05) is 23.5 Å². The van der Waals surface area contributed by atoms with Crippen LogP contribution in [0.2, 0.25) is 0 Å². The van der Waals surface area contributed by atoms with Crippen LogP contribution in [0.3, 0.4) is 0 Å². The van der Waals surface area contributed by atoms with Crippen LogP contribution in [0, 0.1) is 5.82 Å². The number of nitrogens with zero attached hydrogens (tertiary/aromatic N) is 6. The summed E-state index contributed by atoms with van der Waals surface area (Å²) in [7, 11) is 0. The molecule has 4 aromatic heterocycles. The van der Waals surface area contributed by atoms with Gasteiger partial charge in [0.25, 0.3) is 0 Å². The summed E-state index contributed by atoms with van der Waals surface area (Å²) in [6.45, 7) is 1.85. The Morgan fingerprint density at radius 3 is 2.51 bits per heavy atom. The molecule has 2 N–H and O–H groups in total. The number of ether oxygens (including phenoxy) is 1. The molecule has 0 radical (unpaired) electrons. The first-order valence-corrected chi connectivity index (χ1v) is 10.4. The van der Waals surface area contributed by atoms with Crippen molar-refractivity contribution in [2.24, 2.45) is 0 Å². The zero-order valence-electron chi connectivity index (χ0n) is 18.1. The van der Waals surface area contributed by atoms with E-state index in [2.05, 4.69) is 24.9 Å². The number of fused-ring (bicyclic) bond motifs is 1. The minimum atomic E-state index is -4.75. The number of hydrogen-bond donors (Lipinski definition) is 1. The number of nitrogen functional groups attached to an aromatic ring is 1. The molecule has 0 unspecified atom stereocenters. The number of aromatic nitrogens is 6. The predicted octanol–water partition coefficient (Wildman–Crippen LogP) is 4.88. The average molecular weight is 483 g/mol. The lowest BCUT2D eigenvalue weighted by Crippen LogP contribution is -2.17. The molecular weight excluding hydrogens is 466 g/mol. The molecule has 0 amide bonds. The van der Waals surface area contributed by atoms with Gasteiger partial charge in [0.15, 0.2) is 5.65 Å². The lowest BCUT2D eigenvalue weighted by Gasteiger charge is -2.14. The predicted molar refractivity (Wildman–Crippen MR) is 119 cm³/mol. The minimum absolute atomic E-state index is 0.105. The van der Waals surface area contributed by atoms with E-state index in [1.54, 1.807) is 41.5 Å². The number of anilines is 1. The van der Waals surface area contributed by atoms with Crippen molar-refractivity contribution in [3.8, 4) is 28.3 Å². The maximum absolute atomic E-state index is 14.6. The number of pyridine rings is 2. The number of benzene rings is 1. The molecular formula is C23H17F4N7O. The summed E-state index contributed by atoms with van der Waals surface area (Å²) in [5.41, 5.74) is 8.57. The smallest absolute Gasteiger partial charge is 0.406 e. The maximum Gasteiger partial charge on any atom is 0.573 e. The van der Waals surface area contributed by atoms with Crippen molar-refractivity contribution >= 4 is 11.6 Å². The van der Waals surface area contributed by atoms with Crippen LogP contribution in [0.5, 0.6) is 5.75 Å². The van der Waals surface area contributed by atoms with Gasteiger partial charge in [-0.25, -0.2) is 13.9 Å². The Labute approximate surface area is 195 Å². The van der Waals surface area contributed by atoms with E-state index >= 15 is 0 Å². The van der Waals surface area contributed by atoms with Crippen molar-refractivity contribution in [3.63, 3.8) is 0 Å². The number of halogens is 4. The summed E-state index contributed by atoms with van der Waals surface area (Å²) in [4.78, 5) is 8.56. The van der Waals surface area contributed by atoms with Crippen LogP contribution in [-0.4, -0.2) is 35.7 Å². The molecule has 1 aromatic carbocycles. The van der Waals surface area contributed by atoms with Crippen molar-refractivity contribution in [2.45, 2.75) is 19.3 Å². The molecule has 0 aliphatic rings. The van der Waals surface area contributed by atoms with Gasteiger partial charge in [-0.15, -0.1) is 18.3 Å². The van der Waals surface area contributed by atoms with Crippen LogP contribution in [0.1, 0.15) is 18.5 Å². The summed E-state index contributed by atoms with van der Waals surface area (Å²) in [6, 6.07) is 11.4. The van der Waals surface area contributed by atoms with Gasteiger partial charge < -0.3 is 10.5 Å². The fourth-order valence-electron chi connectivity index (χ4n) is 3.63. The highest BCUT2D eigenvalue weighted by atomic mass is 19.4. The van der Waals surface area contributed by atoms with Crippen molar-refractivity contribution in [3.05, 3.63) is 78.5 Å². The summed E-state index contributed by atoms with van der Waals surface area (Å²) in [5, 5.41) is 8.36. The molecule has 0 spiro atoms. The lowest BCUT2D eigenvalue weighted by molar-refractivity contribution is -0.274. The molecule has 178 valence electrons. The molecule has 0 bridgehead atoms. The largest absolute Gasteiger partial charge is 0.573 e. The topological polar surface area (TPSA) is 96.2 Å². The van der Waals surface area contributed by atoms with Crippen LogP contribution in [0.25, 0.3) is 28.2 Å². The lowest BCUT2D eigenvalue weighted by atomic mass is 10.1. The van der Waals surface area contributed by atoms with E-state index in [4.69, 9.17) is 5.73 Å². The average Bonchev–Trinajstić information content (AvgIpc) is 3.44. The third-order valence-corrected chi connectivity index (χ3v) is 5.36. The maximum atomic E-state index is 14.6. The molecule has 0 aliphatic carbocycles. The Hall–Kier alpha value is -4.48. The highest BCUT2D eigenvalue weighted by molar-refractivity contribution is 5.68. The van der Waals surface area contributed by atoms with E-state index in [1.165, 1.54) is 34.8 Å². The van der Waals surface area contributed by atoms with Gasteiger partial charge in [-0.1, -0.05) is 12.1 Å². The highest BCUT2D eigenvalue weighted by Gasteiger charge is 2.31. The zero-order chi connectivity index (χ0) is 24.7. The summed E-state index contributed by atoms with van der Waals surface area (Å²) >= 11 is 0. The normalized spacial score (nSPS) is 12.7. The molecule has 8 nitrogen and oxygen atoms in total. The second-order valence-corrected chi connectivity index (χ2v) is 7.72. The molecule has 35 heavy (non-hydrogen) atoms.